The molecule has 1 aliphatic carbocycles. The molecule has 0 radical (unpaired) electrons. The fourth-order valence-corrected chi connectivity index (χ4v) is 1.93. The van der Waals surface area contributed by atoms with Gasteiger partial charge >= 0.3 is 0 Å². The summed E-state index contributed by atoms with van der Waals surface area (Å²) >= 11 is 0. The molecule has 0 aromatic rings. The molecule has 2 atom stereocenters. The first kappa shape index (κ1) is 9.72. The molecule has 0 spiro atoms. The van der Waals surface area contributed by atoms with Crippen molar-refractivity contribution in [3.63, 3.8) is 0 Å². The van der Waals surface area contributed by atoms with Gasteiger partial charge in [0, 0.05) is 12.5 Å². The van der Waals surface area contributed by atoms with E-state index in [1.54, 1.807) is 0 Å². The first-order chi connectivity index (χ1) is 5.75. The zero-order valence-electron chi connectivity index (χ0n) is 8.01. The van der Waals surface area contributed by atoms with Gasteiger partial charge in [-0.3, -0.25) is 4.79 Å². The molecule has 2 heteroatoms. The lowest BCUT2D eigenvalue weighted by molar-refractivity contribution is -0.128. The Morgan fingerprint density at radius 3 is 2.75 bits per heavy atom. The van der Waals surface area contributed by atoms with Crippen LogP contribution in [0, 0.1) is 11.8 Å². The predicted octanol–water partition coefficient (Wildman–Crippen LogP) is 2.03. The molecule has 0 saturated heterocycles. The van der Waals surface area contributed by atoms with Gasteiger partial charge < -0.3 is 4.74 Å². The Morgan fingerprint density at radius 2 is 2.25 bits per heavy atom. The molecule has 1 fully saturated rings. The largest absolute Gasteiger partial charge is 0.374 e. The van der Waals surface area contributed by atoms with E-state index in [9.17, 15) is 4.79 Å². The molecular weight excluding hydrogens is 152 g/mol. The fourth-order valence-electron chi connectivity index (χ4n) is 1.93. The Labute approximate surface area is 74.3 Å². The van der Waals surface area contributed by atoms with Gasteiger partial charge in [0.05, 0.1) is 0 Å². The van der Waals surface area contributed by atoms with E-state index in [2.05, 4.69) is 6.92 Å². The average molecular weight is 170 g/mol. The number of hydrogen-bond donors (Lipinski definition) is 0. The van der Waals surface area contributed by atoms with Crippen LogP contribution < -0.4 is 0 Å². The first-order valence-corrected chi connectivity index (χ1v) is 4.86. The molecule has 0 N–H and O–H groups in total. The summed E-state index contributed by atoms with van der Waals surface area (Å²) in [6, 6.07) is 0. The van der Waals surface area contributed by atoms with Crippen LogP contribution in [0.5, 0.6) is 0 Å². The van der Waals surface area contributed by atoms with Crippen LogP contribution in [0.1, 0.15) is 33.1 Å². The van der Waals surface area contributed by atoms with E-state index in [0.29, 0.717) is 24.9 Å². The number of Topliss-reactive ketones (excluding diaryl/α,β-unsaturated/α-hetero) is 1. The lowest BCUT2D eigenvalue weighted by Gasteiger charge is -2.13. The zero-order valence-corrected chi connectivity index (χ0v) is 8.01. The summed E-state index contributed by atoms with van der Waals surface area (Å²) in [5, 5.41) is 0. The highest BCUT2D eigenvalue weighted by atomic mass is 16.5. The average Bonchev–Trinajstić information content (AvgIpc) is 2.47. The van der Waals surface area contributed by atoms with E-state index >= 15 is 0 Å². The van der Waals surface area contributed by atoms with Crippen molar-refractivity contribution in [3.8, 4) is 0 Å². The number of hydrogen-bond acceptors (Lipinski definition) is 2. The van der Waals surface area contributed by atoms with Gasteiger partial charge in [0.1, 0.15) is 6.61 Å². The number of ether oxygens (including phenoxy) is 1. The molecule has 2 nitrogen and oxygen atoms in total. The lowest BCUT2D eigenvalue weighted by Crippen LogP contribution is -2.21. The van der Waals surface area contributed by atoms with Gasteiger partial charge in [0.2, 0.25) is 0 Å². The van der Waals surface area contributed by atoms with E-state index < -0.39 is 0 Å². The normalized spacial score (nSPS) is 29.2. The highest BCUT2D eigenvalue weighted by Gasteiger charge is 2.28. The molecule has 12 heavy (non-hydrogen) atoms. The topological polar surface area (TPSA) is 26.3 Å². The fraction of sp³-hybridized carbons (Fsp3) is 0.900. The van der Waals surface area contributed by atoms with Crippen molar-refractivity contribution >= 4 is 5.78 Å². The van der Waals surface area contributed by atoms with Crippen molar-refractivity contribution in [1.82, 2.24) is 0 Å². The Kier molecular flexibility index (Phi) is 3.73. The Hall–Kier alpha value is -0.370. The van der Waals surface area contributed by atoms with E-state index in [0.717, 1.165) is 6.42 Å². The second-order valence-electron chi connectivity index (χ2n) is 3.62. The van der Waals surface area contributed by atoms with Gasteiger partial charge in [-0.15, -0.1) is 0 Å². The van der Waals surface area contributed by atoms with Crippen LogP contribution in [0.25, 0.3) is 0 Å². The Morgan fingerprint density at radius 1 is 1.50 bits per heavy atom. The van der Waals surface area contributed by atoms with E-state index in [-0.39, 0.29) is 5.92 Å². The highest BCUT2D eigenvalue weighted by molar-refractivity contribution is 5.82. The number of carbonyl (C=O) groups excluding carboxylic acids is 1. The summed E-state index contributed by atoms with van der Waals surface area (Å²) in [5.41, 5.74) is 0. The van der Waals surface area contributed by atoms with E-state index in [1.165, 1.54) is 12.8 Å². The summed E-state index contributed by atoms with van der Waals surface area (Å²) in [6.07, 6.45) is 3.50. The molecule has 0 aliphatic heterocycles. The molecule has 0 aromatic heterocycles. The number of ketones is 1. The van der Waals surface area contributed by atoms with E-state index in [1.807, 2.05) is 6.92 Å². The summed E-state index contributed by atoms with van der Waals surface area (Å²) in [5.74, 6) is 1.18. The van der Waals surface area contributed by atoms with Crippen molar-refractivity contribution in [3.05, 3.63) is 0 Å². The van der Waals surface area contributed by atoms with Crippen LogP contribution in [-0.2, 0) is 9.53 Å². The molecule has 2 unspecified atom stereocenters. The maximum absolute atomic E-state index is 11.5. The van der Waals surface area contributed by atoms with Gasteiger partial charge in [-0.2, -0.15) is 0 Å². The van der Waals surface area contributed by atoms with Gasteiger partial charge in [-0.1, -0.05) is 13.3 Å². The minimum absolute atomic E-state index is 0.288. The van der Waals surface area contributed by atoms with E-state index in [4.69, 9.17) is 4.74 Å². The third-order valence-corrected chi connectivity index (χ3v) is 2.72. The minimum atomic E-state index is 0.288. The second kappa shape index (κ2) is 4.61. The zero-order chi connectivity index (χ0) is 8.97. The van der Waals surface area contributed by atoms with Gasteiger partial charge in [-0.05, 0) is 25.7 Å². The van der Waals surface area contributed by atoms with Crippen LogP contribution in [0.2, 0.25) is 0 Å². The summed E-state index contributed by atoms with van der Waals surface area (Å²) in [7, 11) is 0. The van der Waals surface area contributed by atoms with Crippen molar-refractivity contribution in [2.24, 2.45) is 11.8 Å². The van der Waals surface area contributed by atoms with Gasteiger partial charge in [-0.25, -0.2) is 0 Å². The molecule has 0 heterocycles. The van der Waals surface area contributed by atoms with Crippen LogP contribution >= 0.6 is 0 Å². The maximum Gasteiger partial charge on any atom is 0.161 e. The summed E-state index contributed by atoms with van der Waals surface area (Å²) in [6.45, 7) is 5.06. The lowest BCUT2D eigenvalue weighted by atomic mass is 9.94. The molecule has 0 amide bonds. The van der Waals surface area contributed by atoms with Gasteiger partial charge in [0.15, 0.2) is 5.78 Å². The number of carbonyl (C=O) groups is 1. The SMILES string of the molecule is CCOCC(=O)C1CCCC1C. The van der Waals surface area contributed by atoms with Crippen molar-refractivity contribution in [2.75, 3.05) is 13.2 Å². The van der Waals surface area contributed by atoms with Crippen LogP contribution in [-0.4, -0.2) is 19.0 Å². The Bertz CT molecular complexity index is 154. The molecule has 1 aliphatic rings. The molecule has 70 valence electrons. The monoisotopic (exact) mass is 170 g/mol. The summed E-state index contributed by atoms with van der Waals surface area (Å²) < 4.78 is 5.11. The molecule has 1 rings (SSSR count). The quantitative estimate of drug-likeness (QED) is 0.645. The highest BCUT2D eigenvalue weighted by Crippen LogP contribution is 2.31. The molecular formula is C10H18O2. The minimum Gasteiger partial charge on any atom is -0.374 e. The molecule has 1 saturated carbocycles. The standard InChI is InChI=1S/C10H18O2/c1-3-12-7-10(11)9-6-4-5-8(9)2/h8-9H,3-7H2,1-2H3. The van der Waals surface area contributed by atoms with Crippen molar-refractivity contribution in [2.45, 2.75) is 33.1 Å². The predicted molar refractivity (Wildman–Crippen MR) is 48.0 cm³/mol. The molecule has 0 aromatic carbocycles. The third kappa shape index (κ3) is 2.31. The van der Waals surface area contributed by atoms with Gasteiger partial charge in [0.25, 0.3) is 0 Å². The smallest absolute Gasteiger partial charge is 0.161 e. The Balaban J connectivity index is 2.30. The van der Waals surface area contributed by atoms with Crippen LogP contribution in [0.15, 0.2) is 0 Å². The van der Waals surface area contributed by atoms with Crippen LogP contribution in [0.4, 0.5) is 0 Å². The van der Waals surface area contributed by atoms with Crippen molar-refractivity contribution in [1.29, 1.82) is 0 Å². The first-order valence-electron chi connectivity index (χ1n) is 4.86. The van der Waals surface area contributed by atoms with Crippen molar-refractivity contribution < 1.29 is 9.53 Å². The summed E-state index contributed by atoms with van der Waals surface area (Å²) in [4.78, 5) is 11.5. The molecule has 0 bridgehead atoms. The second-order valence-corrected chi connectivity index (χ2v) is 3.62. The maximum atomic E-state index is 11.5. The van der Waals surface area contributed by atoms with Crippen LogP contribution in [0.3, 0.4) is 0 Å². The third-order valence-electron chi connectivity index (χ3n) is 2.72. The number of rotatable bonds is 4.